The van der Waals surface area contributed by atoms with Gasteiger partial charge in [-0.3, -0.25) is 0 Å². The molecule has 0 spiro atoms. The first kappa shape index (κ1) is 21.9. The van der Waals surface area contributed by atoms with Crippen LogP contribution in [-0.4, -0.2) is 10.2 Å². The Kier molecular flexibility index (Phi) is 6.13. The molecule has 2 unspecified atom stereocenters. The molecule has 2 N–H and O–H groups in total. The van der Waals surface area contributed by atoms with E-state index in [0.29, 0.717) is 16.7 Å². The van der Waals surface area contributed by atoms with Gasteiger partial charge < -0.3 is 10.2 Å². The van der Waals surface area contributed by atoms with Crippen LogP contribution in [-0.2, 0) is 11.2 Å². The van der Waals surface area contributed by atoms with E-state index in [4.69, 9.17) is 0 Å². The molecule has 0 amide bonds. The summed E-state index contributed by atoms with van der Waals surface area (Å²) in [6, 6.07) is 29.3. The summed E-state index contributed by atoms with van der Waals surface area (Å²) in [5, 5.41) is 24.9. The molecule has 156 valence electrons. The van der Waals surface area contributed by atoms with Crippen molar-refractivity contribution in [1.82, 2.24) is 0 Å². The van der Waals surface area contributed by atoms with Crippen molar-refractivity contribution < 1.29 is 14.6 Å². The molecule has 0 saturated carbocycles. The normalized spacial score (nSPS) is 15.1. The monoisotopic (exact) mass is 540 g/mol. The molecule has 0 saturated heterocycles. The zero-order chi connectivity index (χ0) is 22.1. The van der Waals surface area contributed by atoms with E-state index in [2.05, 4.69) is 31.9 Å². The van der Waals surface area contributed by atoms with E-state index < -0.39 is 17.0 Å². The quantitative estimate of drug-likeness (QED) is 0.302. The van der Waals surface area contributed by atoms with Crippen LogP contribution in [0.25, 0.3) is 0 Å². The smallest absolute Gasteiger partial charge is 0.152 e. The molecule has 0 bridgehead atoms. The van der Waals surface area contributed by atoms with Gasteiger partial charge in [0.05, 0.1) is 4.47 Å². The Hall–Kier alpha value is -2.31. The molecule has 0 fully saturated rings. The molecule has 31 heavy (non-hydrogen) atoms. The van der Waals surface area contributed by atoms with Gasteiger partial charge in [0.15, 0.2) is 11.2 Å². The predicted molar refractivity (Wildman–Crippen MR) is 127 cm³/mol. The van der Waals surface area contributed by atoms with Crippen LogP contribution in [0, 0.1) is 5.82 Å². The largest absolute Gasteiger partial charge is 0.377 e. The Bertz CT molecular complexity index is 1200. The summed E-state index contributed by atoms with van der Waals surface area (Å²) in [5.41, 5.74) is -2.34. The van der Waals surface area contributed by atoms with Gasteiger partial charge in [-0.25, -0.2) is 4.39 Å². The van der Waals surface area contributed by atoms with Crippen LogP contribution in [0.4, 0.5) is 4.39 Å². The van der Waals surface area contributed by atoms with Crippen molar-refractivity contribution in [1.29, 1.82) is 0 Å². The van der Waals surface area contributed by atoms with Gasteiger partial charge >= 0.3 is 0 Å². The summed E-state index contributed by atoms with van der Waals surface area (Å²) in [4.78, 5) is 0. The summed E-state index contributed by atoms with van der Waals surface area (Å²) in [5.74, 6) is -0.531. The SMILES string of the molecule is OC(c1ccccc1)(c1cccc(Br)c1)C(O)(c1ccccc1)c1ccc(Br)c(F)c1. The maximum absolute atomic E-state index is 14.6. The Morgan fingerprint density at radius 3 is 1.52 bits per heavy atom. The van der Waals surface area contributed by atoms with Gasteiger partial charge in [0.1, 0.15) is 5.82 Å². The molecular formula is C26H19Br2FO2. The number of aliphatic hydroxyl groups is 2. The van der Waals surface area contributed by atoms with Gasteiger partial charge in [0, 0.05) is 4.47 Å². The number of hydrogen-bond acceptors (Lipinski definition) is 2. The summed E-state index contributed by atoms with van der Waals surface area (Å²) >= 11 is 6.65. The second kappa shape index (κ2) is 8.67. The number of hydrogen-bond donors (Lipinski definition) is 2. The highest BCUT2D eigenvalue weighted by molar-refractivity contribution is 9.10. The molecule has 0 aliphatic carbocycles. The Labute approximate surface area is 197 Å². The molecule has 4 aromatic rings. The number of halogens is 3. The van der Waals surface area contributed by atoms with E-state index in [1.54, 1.807) is 72.8 Å². The zero-order valence-corrected chi connectivity index (χ0v) is 19.5. The third kappa shape index (κ3) is 3.76. The molecule has 4 aromatic carbocycles. The fourth-order valence-electron chi connectivity index (χ4n) is 3.96. The molecule has 5 heteroatoms. The lowest BCUT2D eigenvalue weighted by atomic mass is 9.66. The average Bonchev–Trinajstić information content (AvgIpc) is 2.81. The van der Waals surface area contributed by atoms with Crippen molar-refractivity contribution in [3.05, 3.63) is 140 Å². The minimum absolute atomic E-state index is 0.228. The molecule has 0 aromatic heterocycles. The van der Waals surface area contributed by atoms with Crippen LogP contribution in [0.15, 0.2) is 112 Å². The molecule has 4 rings (SSSR count). The maximum atomic E-state index is 14.6. The van der Waals surface area contributed by atoms with E-state index in [1.165, 1.54) is 12.1 Å². The molecule has 2 nitrogen and oxygen atoms in total. The van der Waals surface area contributed by atoms with E-state index in [-0.39, 0.29) is 10.0 Å². The highest BCUT2D eigenvalue weighted by Gasteiger charge is 2.54. The number of rotatable bonds is 5. The van der Waals surface area contributed by atoms with Gasteiger partial charge in [-0.2, -0.15) is 0 Å². The van der Waals surface area contributed by atoms with Crippen LogP contribution >= 0.6 is 31.9 Å². The van der Waals surface area contributed by atoms with Crippen LogP contribution in [0.3, 0.4) is 0 Å². The van der Waals surface area contributed by atoms with Gasteiger partial charge in [-0.1, -0.05) is 94.8 Å². The highest BCUT2D eigenvalue weighted by Crippen LogP contribution is 2.50. The molecule has 0 heterocycles. The van der Waals surface area contributed by atoms with Gasteiger partial charge in [-0.15, -0.1) is 0 Å². The average molecular weight is 542 g/mol. The van der Waals surface area contributed by atoms with Gasteiger partial charge in [0.2, 0.25) is 0 Å². The van der Waals surface area contributed by atoms with Crippen molar-refractivity contribution in [2.45, 2.75) is 11.2 Å². The van der Waals surface area contributed by atoms with Crippen LogP contribution < -0.4 is 0 Å². The van der Waals surface area contributed by atoms with Crippen molar-refractivity contribution in [3.63, 3.8) is 0 Å². The Morgan fingerprint density at radius 2 is 1.03 bits per heavy atom. The second-order valence-corrected chi connectivity index (χ2v) is 9.06. The summed E-state index contributed by atoms with van der Waals surface area (Å²) < 4.78 is 15.7. The number of benzene rings is 4. The minimum Gasteiger partial charge on any atom is -0.377 e. The van der Waals surface area contributed by atoms with Crippen molar-refractivity contribution >= 4 is 31.9 Å². The van der Waals surface area contributed by atoms with Gasteiger partial charge in [0.25, 0.3) is 0 Å². The Morgan fingerprint density at radius 1 is 0.548 bits per heavy atom. The van der Waals surface area contributed by atoms with Gasteiger partial charge in [-0.05, 0) is 62.4 Å². The minimum atomic E-state index is -2.00. The first-order valence-corrected chi connectivity index (χ1v) is 11.2. The third-order valence-electron chi connectivity index (χ3n) is 5.49. The fraction of sp³-hybridized carbons (Fsp3) is 0.0769. The van der Waals surface area contributed by atoms with Crippen LogP contribution in [0.5, 0.6) is 0 Å². The van der Waals surface area contributed by atoms with Crippen molar-refractivity contribution in [3.8, 4) is 0 Å². The topological polar surface area (TPSA) is 40.5 Å². The lowest BCUT2D eigenvalue weighted by molar-refractivity contribution is -0.113. The predicted octanol–water partition coefficient (Wildman–Crippen LogP) is 6.52. The highest BCUT2D eigenvalue weighted by atomic mass is 79.9. The van der Waals surface area contributed by atoms with Crippen molar-refractivity contribution in [2.24, 2.45) is 0 Å². The molecule has 0 radical (unpaired) electrons. The summed E-state index contributed by atoms with van der Waals surface area (Å²) in [7, 11) is 0. The van der Waals surface area contributed by atoms with E-state index in [1.807, 2.05) is 18.2 Å². The first-order valence-electron chi connectivity index (χ1n) is 9.64. The first-order chi connectivity index (χ1) is 14.9. The molecule has 2 atom stereocenters. The third-order valence-corrected chi connectivity index (χ3v) is 6.62. The van der Waals surface area contributed by atoms with Crippen LogP contribution in [0.1, 0.15) is 22.3 Å². The lowest BCUT2D eigenvalue weighted by Gasteiger charge is -2.45. The van der Waals surface area contributed by atoms with Crippen molar-refractivity contribution in [2.75, 3.05) is 0 Å². The Balaban J connectivity index is 2.12. The lowest BCUT2D eigenvalue weighted by Crippen LogP contribution is -2.51. The molecule has 0 aliphatic rings. The van der Waals surface area contributed by atoms with E-state index in [0.717, 1.165) is 4.47 Å². The van der Waals surface area contributed by atoms with Crippen LogP contribution in [0.2, 0.25) is 0 Å². The maximum Gasteiger partial charge on any atom is 0.152 e. The fourth-order valence-corrected chi connectivity index (χ4v) is 4.61. The standard InChI is InChI=1S/C26H19Br2FO2/c27-22-13-7-12-20(16-22)25(30,18-8-3-1-4-9-18)26(31,19-10-5-2-6-11-19)21-14-15-23(28)24(29)17-21/h1-17,30-31H. The summed E-state index contributed by atoms with van der Waals surface area (Å²) in [6.45, 7) is 0. The van der Waals surface area contributed by atoms with E-state index in [9.17, 15) is 14.6 Å². The molecular weight excluding hydrogens is 523 g/mol. The summed E-state index contributed by atoms with van der Waals surface area (Å²) in [6.07, 6.45) is 0. The zero-order valence-electron chi connectivity index (χ0n) is 16.3. The van der Waals surface area contributed by atoms with E-state index >= 15 is 0 Å². The second-order valence-electron chi connectivity index (χ2n) is 7.29. The molecule has 0 aliphatic heterocycles.